The van der Waals surface area contributed by atoms with Gasteiger partial charge in [0.2, 0.25) is 5.91 Å². The molecule has 5 heteroatoms. The summed E-state index contributed by atoms with van der Waals surface area (Å²) in [6.07, 6.45) is 0. The van der Waals surface area contributed by atoms with Gasteiger partial charge in [0.15, 0.2) is 5.11 Å². The van der Waals surface area contributed by atoms with Crippen LogP contribution in [0.5, 0.6) is 0 Å². The summed E-state index contributed by atoms with van der Waals surface area (Å²) in [5.41, 5.74) is 2.25. The van der Waals surface area contributed by atoms with Gasteiger partial charge in [-0.25, -0.2) is 0 Å². The zero-order valence-corrected chi connectivity index (χ0v) is 15.7. The van der Waals surface area contributed by atoms with Crippen molar-refractivity contribution in [2.75, 3.05) is 26.3 Å². The standard InChI is InChI=1S/C21H24N2O2S/c1-16(20(24)22-21(26)23-12-14-25-15-13-23)19(17-8-4-2-5-9-17)18-10-6-3-7-11-18/h2-11,16,19H,12-15H2,1H3,(H,22,24,26)/t16-/m0/s1. The molecule has 1 amide bonds. The summed E-state index contributed by atoms with van der Waals surface area (Å²) in [4.78, 5) is 14.9. The van der Waals surface area contributed by atoms with Crippen LogP contribution in [0.15, 0.2) is 60.7 Å². The van der Waals surface area contributed by atoms with Gasteiger partial charge in [0.25, 0.3) is 0 Å². The quantitative estimate of drug-likeness (QED) is 0.842. The van der Waals surface area contributed by atoms with Crippen LogP contribution < -0.4 is 5.32 Å². The van der Waals surface area contributed by atoms with E-state index in [1.54, 1.807) is 0 Å². The smallest absolute Gasteiger partial charge is 0.229 e. The molecule has 1 fully saturated rings. The molecule has 1 saturated heterocycles. The van der Waals surface area contributed by atoms with E-state index in [9.17, 15) is 4.79 Å². The minimum Gasteiger partial charge on any atom is -0.378 e. The maximum Gasteiger partial charge on any atom is 0.229 e. The largest absolute Gasteiger partial charge is 0.378 e. The van der Waals surface area contributed by atoms with Crippen LogP contribution in [0.3, 0.4) is 0 Å². The lowest BCUT2D eigenvalue weighted by Gasteiger charge is -2.30. The number of nitrogens with one attached hydrogen (secondary N) is 1. The van der Waals surface area contributed by atoms with Crippen LogP contribution in [0.1, 0.15) is 24.0 Å². The highest BCUT2D eigenvalue weighted by molar-refractivity contribution is 7.80. The van der Waals surface area contributed by atoms with Gasteiger partial charge in [-0.3, -0.25) is 4.79 Å². The number of hydrogen-bond donors (Lipinski definition) is 1. The van der Waals surface area contributed by atoms with Crippen molar-refractivity contribution in [2.24, 2.45) is 5.92 Å². The lowest BCUT2D eigenvalue weighted by molar-refractivity contribution is -0.123. The van der Waals surface area contributed by atoms with Gasteiger partial charge in [-0.05, 0) is 23.3 Å². The third kappa shape index (κ3) is 4.48. The second kappa shape index (κ2) is 8.92. The highest BCUT2D eigenvalue weighted by atomic mass is 32.1. The zero-order valence-electron chi connectivity index (χ0n) is 14.9. The number of carbonyl (C=O) groups is 1. The van der Waals surface area contributed by atoms with Crippen LogP contribution in [0, 0.1) is 5.92 Å². The van der Waals surface area contributed by atoms with Gasteiger partial charge in [-0.2, -0.15) is 0 Å². The first kappa shape index (κ1) is 18.5. The van der Waals surface area contributed by atoms with Crippen molar-refractivity contribution in [1.82, 2.24) is 10.2 Å². The number of nitrogens with zero attached hydrogens (tertiary/aromatic N) is 1. The van der Waals surface area contributed by atoms with Crippen molar-refractivity contribution in [3.8, 4) is 0 Å². The third-order valence-electron chi connectivity index (χ3n) is 4.76. The van der Waals surface area contributed by atoms with E-state index in [1.807, 2.05) is 48.2 Å². The molecule has 0 unspecified atom stereocenters. The Hall–Kier alpha value is -2.24. The summed E-state index contributed by atoms with van der Waals surface area (Å²) < 4.78 is 5.34. The Balaban J connectivity index is 1.77. The number of carbonyl (C=O) groups excluding carboxylic acids is 1. The summed E-state index contributed by atoms with van der Waals surface area (Å²) in [5.74, 6) is -0.331. The molecule has 0 saturated carbocycles. The van der Waals surface area contributed by atoms with Crippen LogP contribution in [0.25, 0.3) is 0 Å². The molecule has 0 radical (unpaired) electrons. The Morgan fingerprint density at radius 3 is 2.00 bits per heavy atom. The van der Waals surface area contributed by atoms with Crippen molar-refractivity contribution in [3.63, 3.8) is 0 Å². The molecule has 1 aliphatic rings. The fourth-order valence-electron chi connectivity index (χ4n) is 3.31. The minimum absolute atomic E-state index is 0.0233. The molecule has 0 aliphatic carbocycles. The van der Waals surface area contributed by atoms with E-state index >= 15 is 0 Å². The molecule has 26 heavy (non-hydrogen) atoms. The first-order chi connectivity index (χ1) is 12.7. The molecule has 136 valence electrons. The zero-order chi connectivity index (χ0) is 18.4. The lowest BCUT2D eigenvalue weighted by Crippen LogP contribution is -2.49. The van der Waals surface area contributed by atoms with Gasteiger partial charge in [-0.15, -0.1) is 0 Å². The van der Waals surface area contributed by atoms with Gasteiger partial charge in [-0.1, -0.05) is 67.6 Å². The predicted molar refractivity (Wildman–Crippen MR) is 107 cm³/mol. The Morgan fingerprint density at radius 1 is 1.00 bits per heavy atom. The second-order valence-corrected chi connectivity index (χ2v) is 6.87. The van der Waals surface area contributed by atoms with Crippen molar-refractivity contribution in [1.29, 1.82) is 0 Å². The van der Waals surface area contributed by atoms with Crippen LogP contribution in [-0.2, 0) is 9.53 Å². The highest BCUT2D eigenvalue weighted by Crippen LogP contribution is 2.32. The van der Waals surface area contributed by atoms with Gasteiger partial charge in [0.05, 0.1) is 13.2 Å². The normalized spacial score (nSPS) is 15.5. The summed E-state index contributed by atoms with van der Waals surface area (Å²) in [5, 5.41) is 3.42. The molecule has 0 bridgehead atoms. The number of benzene rings is 2. The van der Waals surface area contributed by atoms with Crippen LogP contribution in [-0.4, -0.2) is 42.2 Å². The van der Waals surface area contributed by atoms with E-state index in [2.05, 4.69) is 29.6 Å². The van der Waals surface area contributed by atoms with Crippen LogP contribution in [0.4, 0.5) is 0 Å². The van der Waals surface area contributed by atoms with E-state index in [0.717, 1.165) is 11.1 Å². The van der Waals surface area contributed by atoms with E-state index in [0.29, 0.717) is 31.4 Å². The maximum absolute atomic E-state index is 12.9. The Kier molecular flexibility index (Phi) is 6.36. The average Bonchev–Trinajstić information content (AvgIpc) is 2.70. The molecule has 1 N–H and O–H groups in total. The monoisotopic (exact) mass is 368 g/mol. The highest BCUT2D eigenvalue weighted by Gasteiger charge is 2.28. The number of amides is 1. The molecular formula is C21H24N2O2S. The Morgan fingerprint density at radius 2 is 1.50 bits per heavy atom. The van der Waals surface area contributed by atoms with Gasteiger partial charge < -0.3 is 15.0 Å². The third-order valence-corrected chi connectivity index (χ3v) is 5.12. The molecule has 3 rings (SSSR count). The van der Waals surface area contributed by atoms with E-state index in [1.165, 1.54) is 0 Å². The van der Waals surface area contributed by atoms with E-state index in [-0.39, 0.29) is 17.7 Å². The van der Waals surface area contributed by atoms with Crippen molar-refractivity contribution in [3.05, 3.63) is 71.8 Å². The molecular weight excluding hydrogens is 344 g/mol. The molecule has 1 atom stereocenters. The van der Waals surface area contributed by atoms with Gasteiger partial charge >= 0.3 is 0 Å². The summed E-state index contributed by atoms with van der Waals surface area (Å²) in [7, 11) is 0. The van der Waals surface area contributed by atoms with Crippen molar-refractivity contribution in [2.45, 2.75) is 12.8 Å². The lowest BCUT2D eigenvalue weighted by atomic mass is 9.81. The molecule has 2 aromatic rings. The first-order valence-corrected chi connectivity index (χ1v) is 9.35. The Labute approximate surface area is 160 Å². The van der Waals surface area contributed by atoms with Crippen LogP contribution in [0.2, 0.25) is 0 Å². The van der Waals surface area contributed by atoms with Gasteiger partial charge in [0.1, 0.15) is 0 Å². The predicted octanol–water partition coefficient (Wildman–Crippen LogP) is 3.19. The SMILES string of the molecule is C[C@H](C(=O)NC(=S)N1CCOCC1)C(c1ccccc1)c1ccccc1. The average molecular weight is 369 g/mol. The van der Waals surface area contributed by atoms with Gasteiger partial charge in [0, 0.05) is 24.9 Å². The van der Waals surface area contributed by atoms with E-state index < -0.39 is 0 Å². The number of morpholine rings is 1. The molecule has 4 nitrogen and oxygen atoms in total. The van der Waals surface area contributed by atoms with Crippen molar-refractivity contribution >= 4 is 23.2 Å². The maximum atomic E-state index is 12.9. The van der Waals surface area contributed by atoms with Crippen LogP contribution >= 0.6 is 12.2 Å². The topological polar surface area (TPSA) is 41.6 Å². The molecule has 1 heterocycles. The molecule has 1 aliphatic heterocycles. The number of rotatable bonds is 4. The number of thiocarbonyl (C=S) groups is 1. The summed E-state index contributed by atoms with van der Waals surface area (Å²) >= 11 is 5.43. The first-order valence-electron chi connectivity index (χ1n) is 8.94. The molecule has 0 aromatic heterocycles. The minimum atomic E-state index is -0.251. The summed E-state index contributed by atoms with van der Waals surface area (Å²) in [6.45, 7) is 4.68. The number of ether oxygens (including phenoxy) is 1. The van der Waals surface area contributed by atoms with E-state index in [4.69, 9.17) is 17.0 Å². The Bertz CT molecular complexity index is 691. The van der Waals surface area contributed by atoms with Crippen molar-refractivity contribution < 1.29 is 9.53 Å². The molecule has 2 aromatic carbocycles. The number of hydrogen-bond acceptors (Lipinski definition) is 3. The fourth-order valence-corrected chi connectivity index (χ4v) is 3.59. The second-order valence-electron chi connectivity index (χ2n) is 6.48. The molecule has 0 spiro atoms. The fraction of sp³-hybridized carbons (Fsp3) is 0.333. The summed E-state index contributed by atoms with van der Waals surface area (Å²) in [6, 6.07) is 20.3.